The SMILES string of the molecule is Cl.Cl.[C-]1=CC=CC1.[CH3-].[CH3-].[CH3-].[CH3-].[CH3-].[CH3-].[CH3-].[CH3-].[Si]=[Zr].[c-]1cc2ccccc2[nH]1. The minimum absolute atomic E-state index is 0. The fourth-order valence-corrected chi connectivity index (χ4v) is 1.27. The fourth-order valence-electron chi connectivity index (χ4n) is 1.27. The summed E-state index contributed by atoms with van der Waals surface area (Å²) >= 11 is 1.36. The molecule has 0 saturated carbocycles. The zero-order valence-corrected chi connectivity index (χ0v) is 22.7. The third kappa shape index (κ3) is 26.2. The van der Waals surface area contributed by atoms with Crippen molar-refractivity contribution in [2.75, 3.05) is 0 Å². The van der Waals surface area contributed by atoms with E-state index in [9.17, 15) is 0 Å². The molecule has 0 atom stereocenters. The van der Waals surface area contributed by atoms with Crippen LogP contribution in [-0.4, -0.2) is 11.9 Å². The summed E-state index contributed by atoms with van der Waals surface area (Å²) in [5.41, 5.74) is 1.15. The van der Waals surface area contributed by atoms with Crippen molar-refractivity contribution >= 4 is 42.6 Å². The van der Waals surface area contributed by atoms with Crippen LogP contribution in [0.25, 0.3) is 10.9 Å². The van der Waals surface area contributed by atoms with Gasteiger partial charge in [-0.05, 0) is 0 Å². The second kappa shape index (κ2) is 44.4. The molecule has 0 unspecified atom stereocenters. The Hall–Kier alpha value is -0.0800. The number of nitrogens with one attached hydrogen (secondary N) is 1. The number of allylic oxidation sites excluding steroid dienone is 4. The first kappa shape index (κ1) is 63.5. The Morgan fingerprint density at radius 1 is 0.846 bits per heavy atom. The average molecular weight is 494 g/mol. The first-order chi connectivity index (χ1) is 7.97. The van der Waals surface area contributed by atoms with Crippen molar-refractivity contribution in [3.63, 3.8) is 0 Å². The molecule has 26 heavy (non-hydrogen) atoms. The van der Waals surface area contributed by atoms with Gasteiger partial charge in [0, 0.05) is 0 Å². The minimum atomic E-state index is 0. The van der Waals surface area contributed by atoms with Crippen LogP contribution >= 0.6 is 24.8 Å². The summed E-state index contributed by atoms with van der Waals surface area (Å²) in [5.74, 6) is 0. The number of para-hydroxylation sites is 1. The van der Waals surface area contributed by atoms with Gasteiger partial charge < -0.3 is 64.4 Å². The summed E-state index contributed by atoms with van der Waals surface area (Å²) in [6, 6.07) is 10.1. The number of rotatable bonds is 0. The Morgan fingerprint density at radius 3 is 1.69 bits per heavy atom. The second-order valence-electron chi connectivity index (χ2n) is 3.00. The van der Waals surface area contributed by atoms with E-state index in [0.29, 0.717) is 0 Å². The van der Waals surface area contributed by atoms with E-state index < -0.39 is 0 Å². The molecule has 2 aromatic rings. The van der Waals surface area contributed by atoms with E-state index in [2.05, 4.69) is 36.3 Å². The van der Waals surface area contributed by atoms with E-state index in [1.54, 1.807) is 0 Å². The topological polar surface area (TPSA) is 15.8 Å². The summed E-state index contributed by atoms with van der Waals surface area (Å²) < 4.78 is 0. The van der Waals surface area contributed by atoms with Crippen molar-refractivity contribution in [1.82, 2.24) is 4.98 Å². The van der Waals surface area contributed by atoms with E-state index in [1.165, 1.54) is 28.7 Å². The number of hydrogen-bond donors (Lipinski definition) is 1. The van der Waals surface area contributed by atoms with Gasteiger partial charge in [0.05, 0.1) is 0 Å². The predicted octanol–water partition coefficient (Wildman–Crippen LogP) is 7.34. The zero-order chi connectivity index (χ0) is 11.6. The molecule has 1 nitrogen and oxygen atoms in total. The number of aromatic nitrogens is 1. The Balaban J connectivity index is -0.0000000174. The van der Waals surface area contributed by atoms with Crippen LogP contribution in [0.5, 0.6) is 0 Å². The number of aromatic amines is 1. The van der Waals surface area contributed by atoms with Crippen molar-refractivity contribution in [3.8, 4) is 0 Å². The molecule has 0 saturated heterocycles. The fraction of sp³-hybridized carbons (Fsp3) is 0.0476. The molecule has 1 aromatic carbocycles. The molecule has 1 aromatic heterocycles. The molecular formula is C21H37Cl2NSiZr-10. The van der Waals surface area contributed by atoms with Crippen LogP contribution < -0.4 is 0 Å². The molecule has 158 valence electrons. The Bertz CT molecular complexity index is 445. The van der Waals surface area contributed by atoms with Crippen molar-refractivity contribution < 1.29 is 23.3 Å². The van der Waals surface area contributed by atoms with Gasteiger partial charge in [0.2, 0.25) is 0 Å². The monoisotopic (exact) mass is 491 g/mol. The molecule has 1 heterocycles. The first-order valence-corrected chi connectivity index (χ1v) is 9.06. The maximum Gasteiger partial charge on any atom is -0.0745 e. The van der Waals surface area contributed by atoms with Crippen molar-refractivity contribution in [1.29, 1.82) is 0 Å². The molecule has 1 aliphatic rings. The number of halogens is 2. The van der Waals surface area contributed by atoms with Gasteiger partial charge in [-0.3, -0.25) is 6.08 Å². The maximum atomic E-state index is 3.06. The third-order valence-corrected chi connectivity index (χ3v) is 1.98. The number of hydrogen-bond acceptors (Lipinski definition) is 0. The molecule has 0 spiro atoms. The standard InChI is InChI=1S/C8H6N.C5H5.8CH3.2ClH.Si.Zr/c1-2-4-8-7(3-1)5-6-9-8;1-2-4-5-3-1;;;;;;;;;;;;/h1-5,9H;1-3H,4H2;8*1H3;2*1H;;/q10*-1;;;;. The largest absolute Gasteiger partial charge is 0.477 e. The molecule has 1 aliphatic carbocycles. The number of fused-ring (bicyclic) bond motifs is 1. The third-order valence-electron chi connectivity index (χ3n) is 1.98. The van der Waals surface area contributed by atoms with Crippen molar-refractivity contribution in [2.24, 2.45) is 0 Å². The van der Waals surface area contributed by atoms with Gasteiger partial charge in [-0.1, -0.05) is 12.1 Å². The molecule has 2 radical (unpaired) electrons. The van der Waals surface area contributed by atoms with E-state index in [4.69, 9.17) is 0 Å². The van der Waals surface area contributed by atoms with Crippen LogP contribution in [-0.2, 0) is 23.3 Å². The van der Waals surface area contributed by atoms with Gasteiger partial charge >= 0.3 is 30.2 Å². The number of benzene rings is 1. The molecule has 0 fully saturated rings. The Morgan fingerprint density at radius 2 is 1.35 bits per heavy atom. The summed E-state index contributed by atoms with van der Waals surface area (Å²) in [6.07, 6.45) is 12.9. The normalized spacial score (nSPS) is 7.04. The summed E-state index contributed by atoms with van der Waals surface area (Å²) in [7, 11) is 0. The van der Waals surface area contributed by atoms with Gasteiger partial charge in [0.25, 0.3) is 0 Å². The smallest absolute Gasteiger partial charge is 0.0745 e. The second-order valence-corrected chi connectivity index (χ2v) is 3.00. The summed E-state index contributed by atoms with van der Waals surface area (Å²) in [6.45, 7) is 3.06. The molecule has 5 heteroatoms. The van der Waals surface area contributed by atoms with Crippen molar-refractivity contribution in [3.05, 3.63) is 120 Å². The van der Waals surface area contributed by atoms with Crippen molar-refractivity contribution in [2.45, 2.75) is 6.42 Å². The Kier molecular flexibility index (Phi) is 108. The number of H-pyrrole nitrogens is 1. The maximum absolute atomic E-state index is 3.06. The van der Waals surface area contributed by atoms with Gasteiger partial charge in [0.1, 0.15) is 0 Å². The van der Waals surface area contributed by atoms with E-state index in [-0.39, 0.29) is 84.2 Å². The van der Waals surface area contributed by atoms with Crippen LogP contribution in [0.1, 0.15) is 6.42 Å². The van der Waals surface area contributed by atoms with Gasteiger partial charge in [-0.15, -0.1) is 55.1 Å². The van der Waals surface area contributed by atoms with Crippen LogP contribution in [0.15, 0.2) is 48.6 Å². The summed E-state index contributed by atoms with van der Waals surface area (Å²) in [4.78, 5) is 2.99. The van der Waals surface area contributed by atoms with Gasteiger partial charge in [-0.2, -0.15) is 17.5 Å². The van der Waals surface area contributed by atoms with Gasteiger partial charge in [0.15, 0.2) is 0 Å². The van der Waals surface area contributed by atoms with Gasteiger partial charge in [-0.25, -0.2) is 12.2 Å². The van der Waals surface area contributed by atoms with E-state index in [0.717, 1.165) is 11.9 Å². The Labute approximate surface area is 196 Å². The van der Waals surface area contributed by atoms with Crippen LogP contribution in [0.4, 0.5) is 0 Å². The van der Waals surface area contributed by atoms with Crippen LogP contribution in [0.2, 0.25) is 0 Å². The molecule has 1 N–H and O–H groups in total. The molecule has 3 rings (SSSR count). The van der Waals surface area contributed by atoms with Crippen LogP contribution in [0, 0.1) is 71.7 Å². The minimum Gasteiger partial charge on any atom is -0.477 e. The molecule has 0 bridgehead atoms. The van der Waals surface area contributed by atoms with E-state index in [1.807, 2.05) is 36.4 Å². The molecular weight excluding hydrogens is 456 g/mol. The zero-order valence-electron chi connectivity index (χ0n) is 17.6. The molecule has 0 aliphatic heterocycles. The van der Waals surface area contributed by atoms with E-state index >= 15 is 0 Å². The van der Waals surface area contributed by atoms with Crippen LogP contribution in [0.3, 0.4) is 0 Å². The predicted molar refractivity (Wildman–Crippen MR) is 130 cm³/mol. The summed E-state index contributed by atoms with van der Waals surface area (Å²) in [5, 5.41) is 1.22. The first-order valence-electron chi connectivity index (χ1n) is 4.87. The molecule has 0 amide bonds. The average Bonchev–Trinajstić information content (AvgIpc) is 3.06. The quantitative estimate of drug-likeness (QED) is 0.292.